The zero-order valence-corrected chi connectivity index (χ0v) is 43.4. The van der Waals surface area contributed by atoms with Crippen molar-refractivity contribution in [3.63, 3.8) is 0 Å². The molecule has 4 aromatic heterocycles. The first kappa shape index (κ1) is 54.5. The number of likely N-dealkylation sites (N-methyl/N-ethyl adjacent to an activating group) is 2. The summed E-state index contributed by atoms with van der Waals surface area (Å²) in [5.74, 6) is -1.10. The smallest absolute Gasteiger partial charge is 0.273 e. The summed E-state index contributed by atoms with van der Waals surface area (Å²) in [6, 6.07) is 8.11. The maximum absolute atomic E-state index is 16.2. The number of piperazine rings is 1. The van der Waals surface area contributed by atoms with Gasteiger partial charge in [0.1, 0.15) is 42.6 Å². The van der Waals surface area contributed by atoms with E-state index >= 15 is 4.39 Å². The third-order valence-electron chi connectivity index (χ3n) is 14.1. The molecule has 4 amide bonds. The average molecular weight is 1050 g/mol. The number of rotatable bonds is 25. The van der Waals surface area contributed by atoms with Gasteiger partial charge in [0.05, 0.1) is 68.0 Å². The molecule has 3 aliphatic rings. The van der Waals surface area contributed by atoms with Gasteiger partial charge in [0.2, 0.25) is 17.7 Å². The molecule has 2 atom stereocenters. The van der Waals surface area contributed by atoms with Crippen LogP contribution in [0.1, 0.15) is 68.1 Å². The quantitative estimate of drug-likeness (QED) is 0.0733. The Bertz CT molecular complexity index is 2640. The Morgan fingerprint density at radius 3 is 2.30 bits per heavy atom. The lowest BCUT2D eigenvalue weighted by molar-refractivity contribution is -0.140. The van der Waals surface area contributed by atoms with Crippen molar-refractivity contribution in [1.29, 1.82) is 0 Å². The second kappa shape index (κ2) is 26.6. The lowest BCUT2D eigenvalue weighted by Gasteiger charge is -2.39. The fraction of sp³-hybridized carbons (Fsp3) is 0.577. The van der Waals surface area contributed by atoms with Gasteiger partial charge in [-0.25, -0.2) is 8.78 Å². The van der Waals surface area contributed by atoms with Crippen molar-refractivity contribution in [3.05, 3.63) is 71.1 Å². The first-order valence-electron chi connectivity index (χ1n) is 25.8. The largest absolute Gasteiger partial charge is 0.489 e. The fourth-order valence-corrected chi connectivity index (χ4v) is 10.5. The number of likely N-dealkylation sites (tertiary alicyclic amines) is 1. The highest BCUT2D eigenvalue weighted by Gasteiger charge is 2.37. The summed E-state index contributed by atoms with van der Waals surface area (Å²) >= 11 is 1.65. The monoisotopic (exact) mass is 1050 g/mol. The lowest BCUT2D eigenvalue weighted by Crippen LogP contribution is -2.59. The second-order valence-corrected chi connectivity index (χ2v) is 20.0. The van der Waals surface area contributed by atoms with Gasteiger partial charge >= 0.3 is 0 Å². The molecule has 19 nitrogen and oxygen atoms in total. The Hall–Kier alpha value is -5.78. The highest BCUT2D eigenvalue weighted by molar-refractivity contribution is 7.17. The maximum atomic E-state index is 16.2. The molecule has 5 aromatic rings. The molecule has 402 valence electrons. The van der Waals surface area contributed by atoms with Gasteiger partial charge in [0.25, 0.3) is 11.8 Å². The Morgan fingerprint density at radius 1 is 0.865 bits per heavy atom. The molecule has 3 fully saturated rings. The van der Waals surface area contributed by atoms with Crippen molar-refractivity contribution in [2.24, 2.45) is 5.92 Å². The van der Waals surface area contributed by atoms with Gasteiger partial charge in [0.15, 0.2) is 11.6 Å². The third-order valence-corrected chi connectivity index (χ3v) is 15.0. The van der Waals surface area contributed by atoms with Crippen LogP contribution in [0, 0.1) is 17.6 Å². The summed E-state index contributed by atoms with van der Waals surface area (Å²) in [7, 11) is 3.27. The molecule has 22 heteroatoms. The van der Waals surface area contributed by atoms with Crippen molar-refractivity contribution >= 4 is 56.1 Å². The number of carbonyl (C=O) groups is 4. The molecule has 1 aliphatic carbocycles. The molecule has 2 aliphatic heterocycles. The Morgan fingerprint density at radius 2 is 1.57 bits per heavy atom. The standard InChI is InChI=1S/C52H69F2N9O10S/c1-35(55-2)50(65)57-47(36-7-5-4-6-8-36)51(66)61-18-20-62(21-19-61)52(67)48-46(54)40-31-37(53)9-10-42(40)63(48)34-45(64)59(3)22-23-68-24-25-69-26-27-70-28-29-71-44-32-39(73-58-44)33-60-16-12-38(13-17-60)72-43-11-15-56-41-14-30-74-49(41)43/h9-11,14-15,30-32,35-36,38,47,55H,4-8,12-13,16-29,33-34H2,1-3H3,(H,57,65)/t35-,47-/m0/s1. The highest BCUT2D eigenvalue weighted by Crippen LogP contribution is 2.32. The van der Waals surface area contributed by atoms with Gasteiger partial charge in [0, 0.05) is 70.5 Å². The number of hydrogen-bond acceptors (Lipinski definition) is 15. The fourth-order valence-electron chi connectivity index (χ4n) is 9.69. The number of nitrogens with zero attached hydrogens (tertiary/aromatic N) is 7. The van der Waals surface area contributed by atoms with E-state index in [4.69, 9.17) is 28.2 Å². The number of fused-ring (bicyclic) bond motifs is 2. The summed E-state index contributed by atoms with van der Waals surface area (Å²) < 4.78 is 67.5. The Labute approximate surface area is 433 Å². The Kier molecular flexibility index (Phi) is 19.6. The summed E-state index contributed by atoms with van der Waals surface area (Å²) in [5, 5.41) is 11.9. The molecule has 2 N–H and O–H groups in total. The van der Waals surface area contributed by atoms with Gasteiger partial charge in [-0.2, -0.15) is 0 Å². The first-order chi connectivity index (χ1) is 36.0. The zero-order chi connectivity index (χ0) is 52.0. The SMILES string of the molecule is CN[C@@H](C)C(=O)N[C@H](C(=O)N1CCN(C(=O)c2c(F)c3cc(F)ccc3n2CC(=O)N(C)CCOCCOCCOCCOc2cc(CN3CCC(Oc4ccnc5ccsc45)CC3)on2)CC1)C1CCCCC1. The molecular formula is C52H69F2N9O10S. The number of benzene rings is 1. The molecular weight excluding hydrogens is 981 g/mol. The average Bonchev–Trinajstić information content (AvgIpc) is 4.16. The van der Waals surface area contributed by atoms with Crippen molar-refractivity contribution in [1.82, 2.24) is 44.9 Å². The van der Waals surface area contributed by atoms with Crippen molar-refractivity contribution in [2.45, 2.75) is 83.1 Å². The molecule has 74 heavy (non-hydrogen) atoms. The number of ether oxygens (including phenoxy) is 5. The van der Waals surface area contributed by atoms with Gasteiger partial charge in [-0.05, 0) is 86.4 Å². The molecule has 6 heterocycles. The van der Waals surface area contributed by atoms with Gasteiger partial charge < -0.3 is 58.1 Å². The number of thiophene rings is 1. The number of carbonyl (C=O) groups excluding carboxylic acids is 4. The molecule has 2 saturated heterocycles. The maximum Gasteiger partial charge on any atom is 0.273 e. The van der Waals surface area contributed by atoms with Crippen LogP contribution >= 0.6 is 11.3 Å². The Balaban J connectivity index is 0.701. The molecule has 1 aromatic carbocycles. The summed E-state index contributed by atoms with van der Waals surface area (Å²) in [4.78, 5) is 65.8. The van der Waals surface area contributed by atoms with E-state index in [-0.39, 0.29) is 92.9 Å². The van der Waals surface area contributed by atoms with E-state index in [0.29, 0.717) is 45.5 Å². The van der Waals surface area contributed by atoms with Crippen LogP contribution < -0.4 is 20.1 Å². The highest BCUT2D eigenvalue weighted by atomic mass is 32.1. The number of nitrogens with one attached hydrogen (secondary N) is 2. The van der Waals surface area contributed by atoms with Gasteiger partial charge in [-0.3, -0.25) is 29.1 Å². The summed E-state index contributed by atoms with van der Waals surface area (Å²) in [6.45, 7) is 6.63. The van der Waals surface area contributed by atoms with Gasteiger partial charge in [-0.1, -0.05) is 19.3 Å². The minimum Gasteiger partial charge on any atom is -0.489 e. The van der Waals surface area contributed by atoms with Crippen LogP contribution in [0.15, 0.2) is 52.5 Å². The molecule has 0 spiro atoms. The molecule has 1 saturated carbocycles. The van der Waals surface area contributed by atoms with E-state index < -0.39 is 35.5 Å². The van der Waals surface area contributed by atoms with E-state index in [2.05, 4.69) is 25.7 Å². The van der Waals surface area contributed by atoms with E-state index in [0.717, 1.165) is 91.9 Å². The minimum absolute atomic E-state index is 0.00709. The van der Waals surface area contributed by atoms with E-state index in [1.807, 2.05) is 17.5 Å². The molecule has 0 bridgehead atoms. The first-order valence-corrected chi connectivity index (χ1v) is 26.6. The van der Waals surface area contributed by atoms with Crippen LogP contribution in [0.3, 0.4) is 0 Å². The number of amides is 4. The van der Waals surface area contributed by atoms with Crippen molar-refractivity contribution < 1.29 is 56.2 Å². The molecule has 0 unspecified atom stereocenters. The van der Waals surface area contributed by atoms with E-state index in [9.17, 15) is 23.6 Å². The predicted molar refractivity (Wildman–Crippen MR) is 272 cm³/mol. The van der Waals surface area contributed by atoms with Crippen LogP contribution in [0.2, 0.25) is 0 Å². The number of piperidine rings is 1. The molecule has 0 radical (unpaired) electrons. The van der Waals surface area contributed by atoms with Gasteiger partial charge in [-0.15, -0.1) is 11.3 Å². The number of halogens is 2. The second-order valence-electron chi connectivity index (χ2n) is 19.1. The number of aromatic nitrogens is 3. The van der Waals surface area contributed by atoms with E-state index in [1.165, 1.54) is 20.4 Å². The summed E-state index contributed by atoms with van der Waals surface area (Å²) in [5.41, 5.74) is 0.803. The summed E-state index contributed by atoms with van der Waals surface area (Å²) in [6.07, 6.45) is 8.49. The zero-order valence-electron chi connectivity index (χ0n) is 42.6. The van der Waals surface area contributed by atoms with E-state index in [1.54, 1.807) is 49.5 Å². The molecule has 8 rings (SSSR count). The number of hydrogen-bond donors (Lipinski definition) is 2. The van der Waals surface area contributed by atoms with Crippen LogP contribution in [0.4, 0.5) is 8.78 Å². The topological polar surface area (TPSA) is 195 Å². The lowest BCUT2D eigenvalue weighted by atomic mass is 9.83. The van der Waals surface area contributed by atoms with Crippen molar-refractivity contribution in [3.8, 4) is 11.6 Å². The van der Waals surface area contributed by atoms with Crippen LogP contribution in [0.25, 0.3) is 21.1 Å². The van der Waals surface area contributed by atoms with Crippen LogP contribution in [-0.4, -0.2) is 182 Å². The normalized spacial score (nSPS) is 16.9. The third kappa shape index (κ3) is 14.1. The van der Waals surface area contributed by atoms with Crippen LogP contribution in [0.5, 0.6) is 11.6 Å². The van der Waals surface area contributed by atoms with Crippen LogP contribution in [-0.2, 0) is 41.7 Å². The van der Waals surface area contributed by atoms with Crippen molar-refractivity contribution in [2.75, 3.05) is 106 Å². The number of pyridine rings is 1. The predicted octanol–water partition coefficient (Wildman–Crippen LogP) is 5.11. The minimum atomic E-state index is -0.924.